The highest BCUT2D eigenvalue weighted by molar-refractivity contribution is 9.09. The van der Waals surface area contributed by atoms with Gasteiger partial charge in [0.15, 0.2) is 0 Å². The van der Waals surface area contributed by atoms with Crippen molar-refractivity contribution in [2.45, 2.75) is 13.3 Å². The van der Waals surface area contributed by atoms with Crippen LogP contribution >= 0.6 is 15.9 Å². The molecule has 1 aromatic carbocycles. The van der Waals surface area contributed by atoms with E-state index in [4.69, 9.17) is 5.73 Å². The third-order valence-electron chi connectivity index (χ3n) is 2.08. The largest absolute Gasteiger partial charge is 0.366 e. The van der Waals surface area contributed by atoms with Crippen molar-refractivity contribution < 1.29 is 4.79 Å². The normalized spacial score (nSPS) is 10.0. The lowest BCUT2D eigenvalue weighted by Crippen LogP contribution is -2.13. The lowest BCUT2D eigenvalue weighted by Gasteiger charge is -2.06. The van der Waals surface area contributed by atoms with E-state index in [-0.39, 0.29) is 5.91 Å². The van der Waals surface area contributed by atoms with E-state index in [2.05, 4.69) is 15.9 Å². The molecule has 0 aliphatic heterocycles. The molecule has 70 valence electrons. The van der Waals surface area contributed by atoms with Gasteiger partial charge >= 0.3 is 0 Å². The molecule has 0 saturated carbocycles. The molecular weight excluding hydrogens is 230 g/mol. The lowest BCUT2D eigenvalue weighted by molar-refractivity contribution is 0.0999. The summed E-state index contributed by atoms with van der Waals surface area (Å²) in [4.78, 5) is 11.0. The van der Waals surface area contributed by atoms with Gasteiger partial charge in [0, 0.05) is 10.9 Å². The van der Waals surface area contributed by atoms with Crippen LogP contribution < -0.4 is 5.73 Å². The Morgan fingerprint density at radius 2 is 2.23 bits per heavy atom. The fourth-order valence-electron chi connectivity index (χ4n) is 1.32. The standard InChI is InChI=1S/C10H12BrNO/c1-7-8(5-6-11)3-2-4-9(7)10(12)13/h2-4H,5-6H2,1H3,(H2,12,13). The molecule has 0 radical (unpaired) electrons. The van der Waals surface area contributed by atoms with E-state index in [1.807, 2.05) is 19.1 Å². The molecule has 0 unspecified atom stereocenters. The van der Waals surface area contributed by atoms with Gasteiger partial charge < -0.3 is 5.73 Å². The fraction of sp³-hybridized carbons (Fsp3) is 0.300. The molecule has 0 spiro atoms. The van der Waals surface area contributed by atoms with Crippen molar-refractivity contribution in [3.63, 3.8) is 0 Å². The Morgan fingerprint density at radius 1 is 1.54 bits per heavy atom. The van der Waals surface area contributed by atoms with Crippen molar-refractivity contribution in [2.75, 3.05) is 5.33 Å². The summed E-state index contributed by atoms with van der Waals surface area (Å²) >= 11 is 3.37. The van der Waals surface area contributed by atoms with Gasteiger partial charge in [-0.25, -0.2) is 0 Å². The van der Waals surface area contributed by atoms with Crippen LogP contribution in [0.1, 0.15) is 21.5 Å². The second-order valence-corrected chi connectivity index (χ2v) is 3.69. The molecule has 1 aromatic rings. The number of carbonyl (C=O) groups is 1. The number of hydrogen-bond donors (Lipinski definition) is 1. The van der Waals surface area contributed by atoms with Crippen LogP contribution in [0.5, 0.6) is 0 Å². The lowest BCUT2D eigenvalue weighted by atomic mass is 10.0. The van der Waals surface area contributed by atoms with Gasteiger partial charge in [-0.1, -0.05) is 28.1 Å². The highest BCUT2D eigenvalue weighted by Gasteiger charge is 2.07. The third kappa shape index (κ3) is 2.31. The van der Waals surface area contributed by atoms with E-state index in [1.54, 1.807) is 6.07 Å². The molecule has 2 nitrogen and oxygen atoms in total. The highest BCUT2D eigenvalue weighted by Crippen LogP contribution is 2.14. The number of aryl methyl sites for hydroxylation is 1. The highest BCUT2D eigenvalue weighted by atomic mass is 79.9. The number of rotatable bonds is 3. The predicted molar refractivity (Wildman–Crippen MR) is 57.2 cm³/mol. The number of carbonyl (C=O) groups excluding carboxylic acids is 1. The van der Waals surface area contributed by atoms with Gasteiger partial charge in [-0.15, -0.1) is 0 Å². The fourth-order valence-corrected chi connectivity index (χ4v) is 1.75. The predicted octanol–water partition coefficient (Wildman–Crippen LogP) is 2.03. The average molecular weight is 242 g/mol. The van der Waals surface area contributed by atoms with E-state index in [0.717, 1.165) is 17.3 Å². The summed E-state index contributed by atoms with van der Waals surface area (Å²) in [7, 11) is 0. The molecule has 0 atom stereocenters. The van der Waals surface area contributed by atoms with E-state index < -0.39 is 0 Å². The van der Waals surface area contributed by atoms with Gasteiger partial charge in [0.2, 0.25) is 5.91 Å². The van der Waals surface area contributed by atoms with Gasteiger partial charge in [-0.2, -0.15) is 0 Å². The summed E-state index contributed by atoms with van der Waals surface area (Å²) in [5.41, 5.74) is 8.02. The molecule has 0 aromatic heterocycles. The Bertz CT molecular complexity index is 323. The van der Waals surface area contributed by atoms with Gasteiger partial charge in [0.1, 0.15) is 0 Å². The summed E-state index contributed by atoms with van der Waals surface area (Å²) in [6.45, 7) is 1.93. The van der Waals surface area contributed by atoms with Crippen LogP contribution in [0.4, 0.5) is 0 Å². The second-order valence-electron chi connectivity index (χ2n) is 2.89. The minimum absolute atomic E-state index is 0.353. The summed E-state index contributed by atoms with van der Waals surface area (Å²) in [5.74, 6) is -0.353. The van der Waals surface area contributed by atoms with Crippen molar-refractivity contribution in [1.82, 2.24) is 0 Å². The third-order valence-corrected chi connectivity index (χ3v) is 2.47. The topological polar surface area (TPSA) is 43.1 Å². The van der Waals surface area contributed by atoms with Gasteiger partial charge in [-0.05, 0) is 30.5 Å². The number of hydrogen-bond acceptors (Lipinski definition) is 1. The Balaban J connectivity index is 3.10. The molecule has 0 heterocycles. The number of halogens is 1. The van der Waals surface area contributed by atoms with Crippen LogP contribution in [-0.4, -0.2) is 11.2 Å². The molecule has 3 heteroatoms. The SMILES string of the molecule is Cc1c(CCBr)cccc1C(N)=O. The first-order valence-corrected chi connectivity index (χ1v) is 5.23. The minimum Gasteiger partial charge on any atom is -0.366 e. The molecule has 0 fully saturated rings. The summed E-state index contributed by atoms with van der Waals surface area (Å²) < 4.78 is 0. The molecule has 0 aliphatic rings. The average Bonchev–Trinajstić information content (AvgIpc) is 2.08. The van der Waals surface area contributed by atoms with Gasteiger partial charge in [-0.3, -0.25) is 4.79 Å². The summed E-state index contributed by atoms with van der Waals surface area (Å²) in [6.07, 6.45) is 0.924. The molecular formula is C10H12BrNO. The first-order chi connectivity index (χ1) is 6.16. The Morgan fingerprint density at radius 3 is 2.77 bits per heavy atom. The van der Waals surface area contributed by atoms with E-state index in [1.165, 1.54) is 5.56 Å². The maximum absolute atomic E-state index is 11.0. The summed E-state index contributed by atoms with van der Waals surface area (Å²) in [5, 5.41) is 0.899. The number of nitrogens with two attached hydrogens (primary N) is 1. The molecule has 1 rings (SSSR count). The maximum atomic E-state index is 11.0. The van der Waals surface area contributed by atoms with Crippen LogP contribution in [0.3, 0.4) is 0 Å². The maximum Gasteiger partial charge on any atom is 0.248 e. The van der Waals surface area contributed by atoms with Crippen LogP contribution in [0.2, 0.25) is 0 Å². The van der Waals surface area contributed by atoms with Crippen molar-refractivity contribution in [2.24, 2.45) is 5.73 Å². The van der Waals surface area contributed by atoms with Crippen LogP contribution in [0.25, 0.3) is 0 Å². The zero-order valence-corrected chi connectivity index (χ0v) is 9.10. The van der Waals surface area contributed by atoms with Crippen LogP contribution in [-0.2, 0) is 6.42 Å². The second kappa shape index (κ2) is 4.42. The Hall–Kier alpha value is -0.830. The quantitative estimate of drug-likeness (QED) is 0.809. The van der Waals surface area contributed by atoms with Crippen LogP contribution in [0, 0.1) is 6.92 Å². The van der Waals surface area contributed by atoms with Crippen molar-refractivity contribution >= 4 is 21.8 Å². The van der Waals surface area contributed by atoms with Crippen LogP contribution in [0.15, 0.2) is 18.2 Å². The number of amides is 1. The van der Waals surface area contributed by atoms with Crippen molar-refractivity contribution in [1.29, 1.82) is 0 Å². The van der Waals surface area contributed by atoms with E-state index in [9.17, 15) is 4.79 Å². The first-order valence-electron chi connectivity index (χ1n) is 4.11. The van der Waals surface area contributed by atoms with E-state index >= 15 is 0 Å². The minimum atomic E-state index is -0.353. The number of primary amides is 1. The molecule has 0 bridgehead atoms. The smallest absolute Gasteiger partial charge is 0.248 e. The zero-order chi connectivity index (χ0) is 9.84. The molecule has 2 N–H and O–H groups in total. The molecule has 0 aliphatic carbocycles. The monoisotopic (exact) mass is 241 g/mol. The van der Waals surface area contributed by atoms with Crippen molar-refractivity contribution in [3.05, 3.63) is 34.9 Å². The summed E-state index contributed by atoms with van der Waals surface area (Å²) in [6, 6.07) is 5.64. The molecule has 0 saturated heterocycles. The van der Waals surface area contributed by atoms with Gasteiger partial charge in [0.25, 0.3) is 0 Å². The molecule has 13 heavy (non-hydrogen) atoms. The van der Waals surface area contributed by atoms with Crippen molar-refractivity contribution in [3.8, 4) is 0 Å². The zero-order valence-electron chi connectivity index (χ0n) is 7.51. The Labute approximate surface area is 86.3 Å². The first kappa shape index (κ1) is 10.3. The number of benzene rings is 1. The molecule has 1 amide bonds. The Kier molecular flexibility index (Phi) is 3.48. The number of alkyl halides is 1. The van der Waals surface area contributed by atoms with Gasteiger partial charge in [0.05, 0.1) is 0 Å². The van der Waals surface area contributed by atoms with E-state index in [0.29, 0.717) is 5.56 Å².